The zero-order valence-electron chi connectivity index (χ0n) is 11.8. The Labute approximate surface area is 109 Å². The van der Waals surface area contributed by atoms with Gasteiger partial charge in [-0.2, -0.15) is 0 Å². The lowest BCUT2D eigenvalue weighted by molar-refractivity contribution is 0.372. The van der Waals surface area contributed by atoms with E-state index >= 15 is 0 Å². The second kappa shape index (κ2) is 6.71. The van der Waals surface area contributed by atoms with Crippen LogP contribution in [0.25, 0.3) is 0 Å². The minimum absolute atomic E-state index is 0.226. The first-order valence-electron chi connectivity index (χ1n) is 6.39. The molecule has 3 nitrogen and oxygen atoms in total. The largest absolute Gasteiger partial charge is 0.368 e. The van der Waals surface area contributed by atoms with Gasteiger partial charge in [0.2, 0.25) is 0 Å². The standard InChI is InChI=1S/C14H24FN3/c1-5-18(11(2)10-17(3)4)14-7-6-13(15)8-12(14)9-16/h6-8,11H,5,9-10,16H2,1-4H3. The molecule has 0 saturated carbocycles. The zero-order chi connectivity index (χ0) is 13.7. The molecule has 1 aromatic rings. The molecule has 102 valence electrons. The van der Waals surface area contributed by atoms with Crippen LogP contribution in [0.4, 0.5) is 10.1 Å². The van der Waals surface area contributed by atoms with Crippen molar-refractivity contribution >= 4 is 5.69 Å². The highest BCUT2D eigenvalue weighted by Crippen LogP contribution is 2.23. The number of likely N-dealkylation sites (N-methyl/N-ethyl adjacent to an activating group) is 2. The van der Waals surface area contributed by atoms with E-state index in [1.807, 2.05) is 6.07 Å². The van der Waals surface area contributed by atoms with Crippen molar-refractivity contribution in [2.24, 2.45) is 5.73 Å². The van der Waals surface area contributed by atoms with Crippen LogP contribution >= 0.6 is 0 Å². The first-order chi connectivity index (χ1) is 8.49. The van der Waals surface area contributed by atoms with E-state index in [-0.39, 0.29) is 5.82 Å². The van der Waals surface area contributed by atoms with E-state index in [1.165, 1.54) is 12.1 Å². The van der Waals surface area contributed by atoms with Gasteiger partial charge >= 0.3 is 0 Å². The average Bonchev–Trinajstić information content (AvgIpc) is 2.30. The fourth-order valence-corrected chi connectivity index (χ4v) is 2.34. The highest BCUT2D eigenvalue weighted by Gasteiger charge is 2.16. The van der Waals surface area contributed by atoms with Gasteiger partial charge in [-0.15, -0.1) is 0 Å². The average molecular weight is 253 g/mol. The summed E-state index contributed by atoms with van der Waals surface area (Å²) in [6, 6.07) is 5.22. The van der Waals surface area contributed by atoms with E-state index < -0.39 is 0 Å². The van der Waals surface area contributed by atoms with Crippen LogP contribution in [0, 0.1) is 5.82 Å². The van der Waals surface area contributed by atoms with Crippen LogP contribution in [0.2, 0.25) is 0 Å². The summed E-state index contributed by atoms with van der Waals surface area (Å²) < 4.78 is 13.2. The highest BCUT2D eigenvalue weighted by molar-refractivity contribution is 5.54. The Morgan fingerprint density at radius 1 is 1.33 bits per heavy atom. The van der Waals surface area contributed by atoms with Gasteiger partial charge in [0.1, 0.15) is 5.82 Å². The Bertz CT molecular complexity index is 379. The topological polar surface area (TPSA) is 32.5 Å². The third kappa shape index (κ3) is 3.68. The molecule has 1 atom stereocenters. The summed E-state index contributed by atoms with van der Waals surface area (Å²) >= 11 is 0. The van der Waals surface area contributed by atoms with Gasteiger partial charge in [0.05, 0.1) is 0 Å². The van der Waals surface area contributed by atoms with E-state index in [4.69, 9.17) is 5.73 Å². The number of nitrogens with two attached hydrogens (primary N) is 1. The minimum atomic E-state index is -0.226. The molecular formula is C14H24FN3. The Hall–Kier alpha value is -1.13. The zero-order valence-corrected chi connectivity index (χ0v) is 11.8. The number of anilines is 1. The molecule has 0 spiro atoms. The van der Waals surface area contributed by atoms with Crippen molar-refractivity contribution in [3.8, 4) is 0 Å². The number of halogens is 1. The van der Waals surface area contributed by atoms with Crippen molar-refractivity contribution in [2.75, 3.05) is 32.1 Å². The molecule has 0 amide bonds. The van der Waals surface area contributed by atoms with Gasteiger partial charge in [-0.3, -0.25) is 0 Å². The molecule has 0 radical (unpaired) electrons. The molecular weight excluding hydrogens is 229 g/mol. The summed E-state index contributed by atoms with van der Waals surface area (Å²) in [6.45, 7) is 6.48. The molecule has 1 rings (SSSR count). The lowest BCUT2D eigenvalue weighted by Crippen LogP contribution is -2.40. The number of rotatable bonds is 6. The lowest BCUT2D eigenvalue weighted by atomic mass is 10.1. The van der Waals surface area contributed by atoms with Crippen molar-refractivity contribution < 1.29 is 4.39 Å². The van der Waals surface area contributed by atoms with Gasteiger partial charge in [-0.25, -0.2) is 4.39 Å². The maximum absolute atomic E-state index is 13.2. The van der Waals surface area contributed by atoms with Gasteiger partial charge in [0.25, 0.3) is 0 Å². The van der Waals surface area contributed by atoms with Gasteiger partial charge < -0.3 is 15.5 Å². The van der Waals surface area contributed by atoms with Gasteiger partial charge in [0.15, 0.2) is 0 Å². The molecule has 0 saturated heterocycles. The molecule has 1 aromatic carbocycles. The van der Waals surface area contributed by atoms with Crippen LogP contribution in [0.1, 0.15) is 19.4 Å². The van der Waals surface area contributed by atoms with Crippen LogP contribution in [-0.2, 0) is 6.54 Å². The maximum atomic E-state index is 13.2. The maximum Gasteiger partial charge on any atom is 0.123 e. The first-order valence-corrected chi connectivity index (χ1v) is 6.39. The molecule has 2 N–H and O–H groups in total. The Kier molecular flexibility index (Phi) is 5.56. The van der Waals surface area contributed by atoms with E-state index in [0.29, 0.717) is 12.6 Å². The summed E-state index contributed by atoms with van der Waals surface area (Å²) in [4.78, 5) is 4.42. The van der Waals surface area contributed by atoms with E-state index in [1.54, 1.807) is 0 Å². The van der Waals surface area contributed by atoms with Crippen LogP contribution in [-0.4, -0.2) is 38.1 Å². The molecule has 0 fully saturated rings. The van der Waals surface area contributed by atoms with Crippen LogP contribution in [0.3, 0.4) is 0 Å². The summed E-state index contributed by atoms with van der Waals surface area (Å²) in [6.07, 6.45) is 0. The normalized spacial score (nSPS) is 12.8. The summed E-state index contributed by atoms with van der Waals surface area (Å²) in [5, 5.41) is 0. The predicted molar refractivity (Wildman–Crippen MR) is 75.3 cm³/mol. The third-order valence-corrected chi connectivity index (χ3v) is 3.07. The smallest absolute Gasteiger partial charge is 0.123 e. The van der Waals surface area contributed by atoms with E-state index in [2.05, 4.69) is 37.7 Å². The Balaban J connectivity index is 3.00. The van der Waals surface area contributed by atoms with Crippen LogP contribution in [0.5, 0.6) is 0 Å². The minimum Gasteiger partial charge on any atom is -0.368 e. The third-order valence-electron chi connectivity index (χ3n) is 3.07. The Morgan fingerprint density at radius 2 is 2.00 bits per heavy atom. The molecule has 0 aliphatic heterocycles. The monoisotopic (exact) mass is 253 g/mol. The SMILES string of the molecule is CCN(c1ccc(F)cc1CN)C(C)CN(C)C. The fraction of sp³-hybridized carbons (Fsp3) is 0.571. The van der Waals surface area contributed by atoms with Crippen LogP contribution < -0.4 is 10.6 Å². The predicted octanol–water partition coefficient (Wildman–Crippen LogP) is 2.06. The van der Waals surface area contributed by atoms with Crippen molar-refractivity contribution in [1.29, 1.82) is 0 Å². The van der Waals surface area contributed by atoms with Crippen LogP contribution in [0.15, 0.2) is 18.2 Å². The number of benzene rings is 1. The van der Waals surface area contributed by atoms with Crippen molar-refractivity contribution in [3.05, 3.63) is 29.6 Å². The molecule has 0 aromatic heterocycles. The quantitative estimate of drug-likeness (QED) is 0.842. The lowest BCUT2D eigenvalue weighted by Gasteiger charge is -2.33. The molecule has 18 heavy (non-hydrogen) atoms. The number of hydrogen-bond acceptors (Lipinski definition) is 3. The van der Waals surface area contributed by atoms with Crippen molar-refractivity contribution in [3.63, 3.8) is 0 Å². The van der Waals surface area contributed by atoms with Crippen molar-refractivity contribution in [2.45, 2.75) is 26.4 Å². The molecule has 0 aliphatic carbocycles. The molecule has 0 aliphatic rings. The number of hydrogen-bond donors (Lipinski definition) is 1. The number of nitrogens with zero attached hydrogens (tertiary/aromatic N) is 2. The molecule has 0 heterocycles. The van der Waals surface area contributed by atoms with E-state index in [0.717, 1.165) is 24.3 Å². The van der Waals surface area contributed by atoms with Gasteiger partial charge in [0, 0.05) is 31.4 Å². The molecule has 0 bridgehead atoms. The highest BCUT2D eigenvalue weighted by atomic mass is 19.1. The second-order valence-electron chi connectivity index (χ2n) is 4.87. The summed E-state index contributed by atoms with van der Waals surface area (Å²) in [5.41, 5.74) is 7.61. The molecule has 1 unspecified atom stereocenters. The van der Waals surface area contributed by atoms with Gasteiger partial charge in [-0.1, -0.05) is 0 Å². The van der Waals surface area contributed by atoms with Gasteiger partial charge in [-0.05, 0) is 51.7 Å². The second-order valence-corrected chi connectivity index (χ2v) is 4.87. The summed E-state index contributed by atoms with van der Waals surface area (Å²) in [7, 11) is 4.11. The Morgan fingerprint density at radius 3 is 2.50 bits per heavy atom. The molecule has 4 heteroatoms. The first kappa shape index (κ1) is 14.9. The fourth-order valence-electron chi connectivity index (χ4n) is 2.34. The summed E-state index contributed by atoms with van der Waals surface area (Å²) in [5.74, 6) is -0.226. The van der Waals surface area contributed by atoms with E-state index in [9.17, 15) is 4.39 Å². The van der Waals surface area contributed by atoms with Crippen molar-refractivity contribution in [1.82, 2.24) is 4.90 Å².